The number of amides is 2. The summed E-state index contributed by atoms with van der Waals surface area (Å²) in [5.74, 6) is 0. The van der Waals surface area contributed by atoms with Gasteiger partial charge in [-0.05, 0) is 43.9 Å². The maximum Gasteiger partial charge on any atom is 0.315 e. The molecule has 2 amide bonds. The molecular weight excluding hydrogens is 368 g/mol. The molecule has 3 N–H and O–H groups in total. The Kier molecular flexibility index (Phi) is 3.91. The predicted molar refractivity (Wildman–Crippen MR) is 109 cm³/mol. The first-order chi connectivity index (χ1) is 14.1. The van der Waals surface area contributed by atoms with Gasteiger partial charge in [0.2, 0.25) is 0 Å². The number of aromatic amines is 1. The number of hydrogen-bond acceptors (Lipinski definition) is 4. The van der Waals surface area contributed by atoms with Gasteiger partial charge in [0.1, 0.15) is 11.7 Å². The Morgan fingerprint density at radius 1 is 1.21 bits per heavy atom. The first-order valence-corrected chi connectivity index (χ1v) is 9.73. The molecule has 2 aliphatic rings. The third kappa shape index (κ3) is 2.70. The molecule has 8 nitrogen and oxygen atoms in total. The van der Waals surface area contributed by atoms with E-state index < -0.39 is 0 Å². The Morgan fingerprint density at radius 2 is 2.00 bits per heavy atom. The topological polar surface area (TPSA) is 115 Å². The second-order valence-electron chi connectivity index (χ2n) is 7.73. The Balaban J connectivity index is 1.57. The van der Waals surface area contributed by atoms with E-state index in [0.717, 1.165) is 30.3 Å². The van der Waals surface area contributed by atoms with Crippen molar-refractivity contribution in [1.29, 1.82) is 5.26 Å². The minimum atomic E-state index is -0.192. The lowest BCUT2D eigenvalue weighted by molar-refractivity contribution is 0.247. The summed E-state index contributed by atoms with van der Waals surface area (Å²) >= 11 is 0. The Morgan fingerprint density at radius 3 is 2.83 bits per heavy atom. The third-order valence-corrected chi connectivity index (χ3v) is 6.05. The number of aliphatic imine (C=N–C) groups is 1. The fourth-order valence-electron chi connectivity index (χ4n) is 4.52. The average molecular weight is 388 g/mol. The number of imidazole rings is 1. The van der Waals surface area contributed by atoms with Gasteiger partial charge in [0.05, 0.1) is 40.3 Å². The van der Waals surface area contributed by atoms with Crippen LogP contribution in [0.1, 0.15) is 36.0 Å². The van der Waals surface area contributed by atoms with Crippen molar-refractivity contribution in [3.8, 4) is 6.07 Å². The second kappa shape index (κ2) is 6.48. The van der Waals surface area contributed by atoms with E-state index in [1.54, 1.807) is 17.5 Å². The van der Waals surface area contributed by atoms with Gasteiger partial charge in [-0.15, -0.1) is 0 Å². The first-order valence-electron chi connectivity index (χ1n) is 9.73. The number of nitrogens with zero attached hydrogens (tertiary/aromatic N) is 3. The number of aromatic nitrogens is 2. The first kappa shape index (κ1) is 17.5. The van der Waals surface area contributed by atoms with Gasteiger partial charge in [0, 0.05) is 6.21 Å². The zero-order valence-electron chi connectivity index (χ0n) is 15.9. The number of H-pyrrole nitrogens is 1. The number of carbonyl (C=O) groups excluding carboxylic acids is 1. The number of carbonyl (C=O) groups is 1. The van der Waals surface area contributed by atoms with Crippen molar-refractivity contribution >= 4 is 28.9 Å². The van der Waals surface area contributed by atoms with Crippen LogP contribution in [0.3, 0.4) is 0 Å². The van der Waals surface area contributed by atoms with Crippen LogP contribution in [0.2, 0.25) is 0 Å². The van der Waals surface area contributed by atoms with Gasteiger partial charge in [-0.1, -0.05) is 12.1 Å². The lowest BCUT2D eigenvalue weighted by Crippen LogP contribution is -2.41. The molecular formula is C21H20N6O2. The van der Waals surface area contributed by atoms with Crippen molar-refractivity contribution in [3.05, 3.63) is 51.3 Å². The van der Waals surface area contributed by atoms with E-state index in [1.807, 2.05) is 24.3 Å². The molecule has 0 bridgehead atoms. The molecule has 2 aromatic heterocycles. The minimum Gasteiger partial charge on any atom is -0.338 e. The van der Waals surface area contributed by atoms with E-state index >= 15 is 0 Å². The van der Waals surface area contributed by atoms with Crippen LogP contribution >= 0.6 is 0 Å². The van der Waals surface area contributed by atoms with Crippen LogP contribution in [0, 0.1) is 18.3 Å². The summed E-state index contributed by atoms with van der Waals surface area (Å²) < 4.78 is 1.56. The van der Waals surface area contributed by atoms with E-state index in [9.17, 15) is 14.9 Å². The Labute approximate surface area is 166 Å². The molecule has 29 heavy (non-hydrogen) atoms. The zero-order valence-corrected chi connectivity index (χ0v) is 15.9. The quantitative estimate of drug-likeness (QED) is 0.583. The summed E-state index contributed by atoms with van der Waals surface area (Å²) in [6, 6.07) is 9.87. The highest BCUT2D eigenvalue weighted by atomic mass is 16.2. The Hall–Kier alpha value is -3.60. The maximum absolute atomic E-state index is 13.3. The second-order valence-corrected chi connectivity index (χ2v) is 7.73. The van der Waals surface area contributed by atoms with Crippen LogP contribution in [0.15, 0.2) is 34.1 Å². The molecule has 3 heterocycles. The van der Waals surface area contributed by atoms with Crippen LogP contribution in [0.5, 0.6) is 0 Å². The third-order valence-electron chi connectivity index (χ3n) is 6.05. The van der Waals surface area contributed by atoms with Gasteiger partial charge in [-0.25, -0.2) is 4.79 Å². The van der Waals surface area contributed by atoms with Crippen LogP contribution in [0.4, 0.5) is 4.79 Å². The van der Waals surface area contributed by atoms with Gasteiger partial charge in [0.15, 0.2) is 0 Å². The summed E-state index contributed by atoms with van der Waals surface area (Å²) in [7, 11) is 0. The monoisotopic (exact) mass is 388 g/mol. The van der Waals surface area contributed by atoms with Crippen LogP contribution in [0.25, 0.3) is 16.7 Å². The summed E-state index contributed by atoms with van der Waals surface area (Å²) in [4.78, 5) is 32.6. The van der Waals surface area contributed by atoms with E-state index in [-0.39, 0.29) is 29.7 Å². The summed E-state index contributed by atoms with van der Waals surface area (Å²) in [5, 5.41) is 15.6. The largest absolute Gasteiger partial charge is 0.338 e. The molecule has 3 aromatic rings. The number of pyridine rings is 1. The Bertz CT molecular complexity index is 1280. The maximum atomic E-state index is 13.3. The number of hydrogen-bond donors (Lipinski definition) is 3. The molecule has 3 atom stereocenters. The fraction of sp³-hybridized carbons (Fsp3) is 0.333. The predicted octanol–water partition coefficient (Wildman–Crippen LogP) is 1.98. The smallest absolute Gasteiger partial charge is 0.315 e. The molecule has 1 saturated carbocycles. The summed E-state index contributed by atoms with van der Waals surface area (Å²) in [5.41, 5.74) is 3.35. The van der Waals surface area contributed by atoms with Crippen LogP contribution in [-0.2, 0) is 0 Å². The molecule has 2 fully saturated rings. The normalized spacial score (nSPS) is 23.9. The number of rotatable bonds is 2. The highest BCUT2D eigenvalue weighted by molar-refractivity contribution is 5.88. The minimum absolute atomic E-state index is 0.0319. The lowest BCUT2D eigenvalue weighted by atomic mass is 9.88. The van der Waals surface area contributed by atoms with Gasteiger partial charge < -0.3 is 15.6 Å². The van der Waals surface area contributed by atoms with E-state index in [4.69, 9.17) is 0 Å². The van der Waals surface area contributed by atoms with E-state index in [1.165, 1.54) is 0 Å². The van der Waals surface area contributed by atoms with Crippen molar-refractivity contribution in [1.82, 2.24) is 20.0 Å². The molecule has 146 valence electrons. The van der Waals surface area contributed by atoms with Crippen molar-refractivity contribution < 1.29 is 4.79 Å². The van der Waals surface area contributed by atoms with Gasteiger partial charge in [0.25, 0.3) is 5.56 Å². The molecule has 1 saturated heterocycles. The SMILES string of the molecule is Cc1c(C=NC2CCC3NC(=O)NC3C2)c(=O)n2c([nH]c3ccccc32)c1C#N. The van der Waals surface area contributed by atoms with Crippen LogP contribution in [-0.4, -0.2) is 39.8 Å². The van der Waals surface area contributed by atoms with Gasteiger partial charge in [-0.3, -0.25) is 14.2 Å². The highest BCUT2D eigenvalue weighted by Crippen LogP contribution is 2.25. The molecule has 0 radical (unpaired) electrons. The number of urea groups is 1. The van der Waals surface area contributed by atoms with Crippen molar-refractivity contribution in [2.24, 2.45) is 4.99 Å². The average Bonchev–Trinajstić information content (AvgIpc) is 3.27. The number of nitriles is 1. The van der Waals surface area contributed by atoms with Gasteiger partial charge in [-0.2, -0.15) is 5.26 Å². The zero-order chi connectivity index (χ0) is 20.1. The summed E-state index contributed by atoms with van der Waals surface area (Å²) in [6.07, 6.45) is 4.05. The number of para-hydroxylation sites is 2. The lowest BCUT2D eigenvalue weighted by Gasteiger charge is -2.28. The van der Waals surface area contributed by atoms with E-state index in [0.29, 0.717) is 22.3 Å². The standard InChI is InChI=1S/C21H20N6O2/c1-11-13(9-22)19-24-16-4-2-3-5-18(16)27(19)20(28)14(11)10-23-12-6-7-15-17(8-12)26-21(29)25-15/h2-5,10,12,15,17,24H,6-8H2,1H3,(H2,25,26,29). The highest BCUT2D eigenvalue weighted by Gasteiger charge is 2.36. The number of fused-ring (bicyclic) bond motifs is 4. The van der Waals surface area contributed by atoms with Crippen LogP contribution < -0.4 is 16.2 Å². The molecule has 5 rings (SSSR count). The van der Waals surface area contributed by atoms with Crippen molar-refractivity contribution in [3.63, 3.8) is 0 Å². The van der Waals surface area contributed by atoms with Crippen molar-refractivity contribution in [2.45, 2.75) is 44.3 Å². The molecule has 1 aliphatic carbocycles. The molecule has 1 aliphatic heterocycles. The van der Waals surface area contributed by atoms with Gasteiger partial charge >= 0.3 is 6.03 Å². The summed E-state index contributed by atoms with van der Waals surface area (Å²) in [6.45, 7) is 1.78. The molecule has 1 aromatic carbocycles. The van der Waals surface area contributed by atoms with Crippen molar-refractivity contribution in [2.75, 3.05) is 0 Å². The van der Waals surface area contributed by atoms with E-state index in [2.05, 4.69) is 26.7 Å². The number of benzene rings is 1. The molecule has 3 unspecified atom stereocenters. The molecule has 8 heteroatoms. The number of nitrogens with one attached hydrogen (secondary N) is 3. The fourth-order valence-corrected chi connectivity index (χ4v) is 4.52. The molecule has 0 spiro atoms.